The van der Waals surface area contributed by atoms with Crippen LogP contribution in [0.15, 0.2) is 29.2 Å². The fourth-order valence-electron chi connectivity index (χ4n) is 2.41. The lowest BCUT2D eigenvalue weighted by molar-refractivity contribution is -0.308. The van der Waals surface area contributed by atoms with Crippen molar-refractivity contribution < 1.29 is 40.7 Å². The van der Waals surface area contributed by atoms with Gasteiger partial charge in [-0.2, -0.15) is 26.3 Å². The molecule has 1 saturated heterocycles. The SMILES string of the molecule is CC(=O)Nc1ccc(SN2CCN(C(=O)OC(C(F)(F)F)C(F)(F)F)CC2)cc1. The molecule has 0 radical (unpaired) electrons. The van der Waals surface area contributed by atoms with Crippen molar-refractivity contribution in [2.75, 3.05) is 31.5 Å². The highest BCUT2D eigenvalue weighted by atomic mass is 32.2. The van der Waals surface area contributed by atoms with Crippen molar-refractivity contribution in [2.24, 2.45) is 0 Å². The predicted octanol–water partition coefficient (Wildman–Crippen LogP) is 3.90. The van der Waals surface area contributed by atoms with Gasteiger partial charge in [0.15, 0.2) is 0 Å². The first-order valence-corrected chi connectivity index (χ1v) is 9.03. The van der Waals surface area contributed by atoms with E-state index in [-0.39, 0.29) is 32.1 Å². The van der Waals surface area contributed by atoms with Crippen molar-refractivity contribution in [1.29, 1.82) is 0 Å². The molecule has 0 spiro atoms. The molecular weight excluding hydrogens is 428 g/mol. The van der Waals surface area contributed by atoms with Crippen LogP contribution in [0, 0.1) is 0 Å². The number of rotatable bonds is 4. The lowest BCUT2D eigenvalue weighted by Crippen LogP contribution is -2.51. The van der Waals surface area contributed by atoms with Gasteiger partial charge in [-0.25, -0.2) is 9.10 Å². The molecule has 0 unspecified atom stereocenters. The van der Waals surface area contributed by atoms with E-state index in [0.717, 1.165) is 9.80 Å². The molecule has 0 atom stereocenters. The summed E-state index contributed by atoms with van der Waals surface area (Å²) in [6.07, 6.45) is -17.3. The molecule has 1 fully saturated rings. The van der Waals surface area contributed by atoms with E-state index in [0.29, 0.717) is 5.69 Å². The average molecular weight is 445 g/mol. The first-order valence-electron chi connectivity index (χ1n) is 8.26. The van der Waals surface area contributed by atoms with E-state index in [1.165, 1.54) is 18.9 Å². The molecule has 1 aliphatic rings. The van der Waals surface area contributed by atoms with E-state index < -0.39 is 24.5 Å². The van der Waals surface area contributed by atoms with Crippen LogP contribution in [0.3, 0.4) is 0 Å². The summed E-state index contributed by atoms with van der Waals surface area (Å²) in [4.78, 5) is 24.3. The third kappa shape index (κ3) is 6.99. The van der Waals surface area contributed by atoms with Crippen molar-refractivity contribution in [3.8, 4) is 0 Å². The fraction of sp³-hybridized carbons (Fsp3) is 0.500. The predicted molar refractivity (Wildman–Crippen MR) is 92.1 cm³/mol. The van der Waals surface area contributed by atoms with E-state index in [1.54, 1.807) is 24.3 Å². The van der Waals surface area contributed by atoms with Crippen LogP contribution >= 0.6 is 11.9 Å². The molecule has 1 aromatic carbocycles. The average Bonchev–Trinajstić information content (AvgIpc) is 2.59. The highest BCUT2D eigenvalue weighted by Crippen LogP contribution is 2.36. The number of carbonyl (C=O) groups is 2. The molecule has 1 N–H and O–H groups in total. The molecule has 6 nitrogen and oxygen atoms in total. The zero-order valence-corrected chi connectivity index (χ0v) is 15.8. The van der Waals surface area contributed by atoms with E-state index >= 15 is 0 Å². The van der Waals surface area contributed by atoms with E-state index in [1.807, 2.05) is 4.31 Å². The molecule has 2 rings (SSSR count). The fourth-order valence-corrected chi connectivity index (χ4v) is 3.31. The number of benzene rings is 1. The zero-order valence-electron chi connectivity index (χ0n) is 15.0. The number of amides is 2. The number of hydrogen-bond donors (Lipinski definition) is 1. The monoisotopic (exact) mass is 445 g/mol. The van der Waals surface area contributed by atoms with E-state index in [2.05, 4.69) is 10.1 Å². The molecular formula is C16H17F6N3O3S. The van der Waals surface area contributed by atoms with Crippen molar-refractivity contribution in [3.05, 3.63) is 24.3 Å². The minimum absolute atomic E-state index is 0.0851. The lowest BCUT2D eigenvalue weighted by atomic mass is 10.3. The second-order valence-corrected chi connectivity index (χ2v) is 7.23. The quantitative estimate of drug-likeness (QED) is 0.563. The standard InChI is InChI=1S/C16H17F6N3O3S/c1-10(26)23-11-2-4-12(5-3-11)29-25-8-6-24(7-9-25)14(27)28-13(15(17,18)19)16(20,21)22/h2-5,13H,6-9H2,1H3,(H,23,26). The molecule has 0 bridgehead atoms. The first-order chi connectivity index (χ1) is 13.4. The Morgan fingerprint density at radius 3 is 1.97 bits per heavy atom. The Morgan fingerprint density at radius 1 is 1.00 bits per heavy atom. The van der Waals surface area contributed by atoms with Crippen LogP contribution in [0.2, 0.25) is 0 Å². The molecule has 0 aromatic heterocycles. The van der Waals surface area contributed by atoms with Crippen LogP contribution in [0.25, 0.3) is 0 Å². The van der Waals surface area contributed by atoms with Crippen LogP contribution in [0.5, 0.6) is 0 Å². The van der Waals surface area contributed by atoms with Gasteiger partial charge in [0, 0.05) is 43.7 Å². The summed E-state index contributed by atoms with van der Waals surface area (Å²) in [5.41, 5.74) is 0.610. The second kappa shape index (κ2) is 9.11. The summed E-state index contributed by atoms with van der Waals surface area (Å²) in [7, 11) is 0. The van der Waals surface area contributed by atoms with Gasteiger partial charge >= 0.3 is 18.4 Å². The third-order valence-electron chi connectivity index (χ3n) is 3.72. The van der Waals surface area contributed by atoms with Gasteiger partial charge < -0.3 is 15.0 Å². The highest BCUT2D eigenvalue weighted by molar-refractivity contribution is 7.97. The minimum Gasteiger partial charge on any atom is -0.426 e. The number of anilines is 1. The number of piperazine rings is 1. The number of carbonyl (C=O) groups excluding carboxylic acids is 2. The van der Waals surface area contributed by atoms with E-state index in [9.17, 15) is 35.9 Å². The van der Waals surface area contributed by atoms with Gasteiger partial charge in [0.2, 0.25) is 5.91 Å². The van der Waals surface area contributed by atoms with E-state index in [4.69, 9.17) is 0 Å². The molecule has 1 aromatic rings. The highest BCUT2D eigenvalue weighted by Gasteiger charge is 2.60. The summed E-state index contributed by atoms with van der Waals surface area (Å²) in [6.45, 7) is 1.64. The topological polar surface area (TPSA) is 61.9 Å². The Kier molecular flexibility index (Phi) is 7.27. The molecule has 0 saturated carbocycles. The van der Waals surface area contributed by atoms with Crippen molar-refractivity contribution >= 4 is 29.6 Å². The van der Waals surface area contributed by atoms with Gasteiger partial charge in [-0.3, -0.25) is 4.79 Å². The summed E-state index contributed by atoms with van der Waals surface area (Å²) < 4.78 is 80.5. The Labute approximate surface area is 166 Å². The number of halogens is 6. The van der Waals surface area contributed by atoms with Crippen LogP contribution in [-0.4, -0.2) is 65.8 Å². The number of nitrogens with one attached hydrogen (secondary N) is 1. The molecule has 1 aliphatic heterocycles. The van der Waals surface area contributed by atoms with Gasteiger partial charge in [-0.1, -0.05) is 0 Å². The third-order valence-corrected chi connectivity index (χ3v) is 4.83. The number of ether oxygens (including phenoxy) is 1. The zero-order chi connectivity index (χ0) is 21.8. The van der Waals surface area contributed by atoms with Crippen molar-refractivity contribution in [1.82, 2.24) is 9.21 Å². The Bertz CT molecular complexity index is 704. The summed E-state index contributed by atoms with van der Waals surface area (Å²) in [5, 5.41) is 2.61. The van der Waals surface area contributed by atoms with Gasteiger partial charge in [-0.05, 0) is 36.2 Å². The van der Waals surface area contributed by atoms with Gasteiger partial charge in [0.25, 0.3) is 6.10 Å². The van der Waals surface area contributed by atoms with Crippen molar-refractivity contribution in [3.63, 3.8) is 0 Å². The number of alkyl halides is 6. The number of hydrogen-bond acceptors (Lipinski definition) is 5. The van der Waals surface area contributed by atoms with Crippen molar-refractivity contribution in [2.45, 2.75) is 30.3 Å². The normalized spacial score (nSPS) is 16.1. The van der Waals surface area contributed by atoms with Crippen LogP contribution in [0.1, 0.15) is 6.92 Å². The Hall–Kier alpha value is -2.15. The summed E-state index contributed by atoms with van der Waals surface area (Å²) in [5.74, 6) is -0.216. The largest absolute Gasteiger partial charge is 0.434 e. The maximum Gasteiger partial charge on any atom is 0.434 e. The maximum atomic E-state index is 12.5. The molecule has 2 amide bonds. The van der Waals surface area contributed by atoms with Gasteiger partial charge in [0.1, 0.15) is 0 Å². The van der Waals surface area contributed by atoms with Crippen LogP contribution < -0.4 is 5.32 Å². The summed E-state index contributed by atoms with van der Waals surface area (Å²) >= 11 is 1.31. The first kappa shape index (κ1) is 23.1. The molecule has 0 aliphatic carbocycles. The number of nitrogens with zero attached hydrogens (tertiary/aromatic N) is 2. The molecule has 1 heterocycles. The van der Waals surface area contributed by atoms with Gasteiger partial charge in [-0.15, -0.1) is 0 Å². The van der Waals surface area contributed by atoms with Gasteiger partial charge in [0.05, 0.1) is 0 Å². The van der Waals surface area contributed by atoms with Crippen LogP contribution in [-0.2, 0) is 9.53 Å². The summed E-state index contributed by atoms with van der Waals surface area (Å²) in [6, 6.07) is 6.86. The Balaban J connectivity index is 1.86. The smallest absolute Gasteiger partial charge is 0.426 e. The lowest BCUT2D eigenvalue weighted by Gasteiger charge is -2.34. The van der Waals surface area contributed by atoms with Crippen LogP contribution in [0.4, 0.5) is 36.8 Å². The maximum absolute atomic E-state index is 12.5. The minimum atomic E-state index is -5.74. The molecule has 29 heavy (non-hydrogen) atoms. The second-order valence-electron chi connectivity index (χ2n) is 6.06. The molecule has 162 valence electrons. The molecule has 13 heteroatoms. The Morgan fingerprint density at radius 2 is 1.52 bits per heavy atom.